The average Bonchev–Trinajstić information content (AvgIpc) is 1.64. The Morgan fingerprint density at radius 1 is 0.217 bits per heavy atom. The summed E-state index contributed by atoms with van der Waals surface area (Å²) in [5, 5.41) is 0. The lowest BCUT2D eigenvalue weighted by Gasteiger charge is -2.26. The molecule has 0 heterocycles. The molecule has 0 atom stereocenters. The van der Waals surface area contributed by atoms with Crippen LogP contribution in [0.15, 0.2) is 306 Å². The van der Waals surface area contributed by atoms with Crippen LogP contribution in [0.1, 0.15) is 47.2 Å². The van der Waals surface area contributed by atoms with Crippen LogP contribution in [0.25, 0.3) is 0 Å². The van der Waals surface area contributed by atoms with Crippen LogP contribution >= 0.6 is 0 Å². The molecule has 11 aromatic carbocycles. The molecule has 11 aromatic rings. The van der Waals surface area contributed by atoms with Crippen molar-refractivity contribution in [1.29, 1.82) is 0 Å². The lowest BCUT2D eigenvalue weighted by Crippen LogP contribution is -2.18. The van der Waals surface area contributed by atoms with E-state index in [1.54, 1.807) is 153 Å². The summed E-state index contributed by atoms with van der Waals surface area (Å²) in [6.07, 6.45) is 0. The van der Waals surface area contributed by atoms with Crippen LogP contribution in [-0.4, -0.2) is 47.9 Å². The zero-order valence-electron chi connectivity index (χ0n) is 51.8. The Bertz CT molecular complexity index is 4740. The molecule has 0 unspecified atom stereocenters. The first-order chi connectivity index (χ1) is 43.8. The van der Waals surface area contributed by atoms with Gasteiger partial charge in [-0.3, -0.25) is 0 Å². The largest absolute Gasteiger partial charge is 0.497 e. The Labute approximate surface area is 539 Å². The maximum absolute atomic E-state index is 12.9. The summed E-state index contributed by atoms with van der Waals surface area (Å²) >= 11 is 0. The highest BCUT2D eigenvalue weighted by Crippen LogP contribution is 2.35. The van der Waals surface area contributed by atoms with E-state index >= 15 is 0 Å². The lowest BCUT2D eigenvalue weighted by molar-refractivity contribution is 0.414. The van der Waals surface area contributed by atoms with Gasteiger partial charge >= 0.3 is 0 Å². The molecule has 0 aliphatic carbocycles. The van der Waals surface area contributed by atoms with Crippen molar-refractivity contribution in [2.24, 2.45) is 0 Å². The van der Waals surface area contributed by atoms with Gasteiger partial charge in [-0.2, -0.15) is 0 Å². The van der Waals surface area contributed by atoms with Crippen LogP contribution in [0.3, 0.4) is 0 Å². The molecule has 0 aromatic heterocycles. The van der Waals surface area contributed by atoms with Gasteiger partial charge in [-0.15, -0.1) is 0 Å². The zero-order chi connectivity index (χ0) is 65.8. The summed E-state index contributed by atoms with van der Waals surface area (Å²) in [4.78, 5) is 1.64. The summed E-state index contributed by atoms with van der Waals surface area (Å²) in [5.41, 5.74) is 6.70. The van der Waals surface area contributed by atoms with E-state index in [-0.39, 0.29) is 39.7 Å². The van der Waals surface area contributed by atoms with Crippen molar-refractivity contribution >= 4 is 39.3 Å². The molecule has 0 amide bonds. The number of hydrogen-bond donors (Lipinski definition) is 0. The Morgan fingerprint density at radius 2 is 0.359 bits per heavy atom. The van der Waals surface area contributed by atoms with Crippen LogP contribution in [0.4, 0.5) is 0 Å². The number of methoxy groups -OCH3 is 2. The van der Waals surface area contributed by atoms with Gasteiger partial charge in [0, 0.05) is 5.41 Å². The van der Waals surface area contributed by atoms with Gasteiger partial charge in [0.15, 0.2) is 0 Å². The number of sulfone groups is 4. The van der Waals surface area contributed by atoms with Gasteiger partial charge in [-0.25, -0.2) is 33.7 Å². The topological polar surface area (TPSA) is 183 Å². The summed E-state index contributed by atoms with van der Waals surface area (Å²) < 4.78 is 130. The molecule has 0 saturated heterocycles. The number of aryl methyl sites for hydroxylation is 4. The van der Waals surface area contributed by atoms with Gasteiger partial charge < -0.3 is 23.7 Å². The first-order valence-electron chi connectivity index (χ1n) is 29.0. The molecule has 0 bridgehead atoms. The Kier molecular flexibility index (Phi) is 20.7. The molecule has 0 radical (unpaired) electrons. The fourth-order valence-corrected chi connectivity index (χ4v) is 14.4. The molecule has 13 nitrogen and oxygen atoms in total. The van der Waals surface area contributed by atoms with Crippen molar-refractivity contribution in [2.75, 3.05) is 14.2 Å². The van der Waals surface area contributed by atoms with Crippen LogP contribution in [0.2, 0.25) is 0 Å². The van der Waals surface area contributed by atoms with Crippen LogP contribution in [0, 0.1) is 27.7 Å². The zero-order valence-corrected chi connectivity index (χ0v) is 55.1. The highest BCUT2D eigenvalue weighted by Gasteiger charge is 2.25. The van der Waals surface area contributed by atoms with Gasteiger partial charge in [0.25, 0.3) is 0 Å². The fraction of sp³-hybridized carbons (Fsp3) is 0.120. The standard InChI is InChI=1S/C29H28O4S.C26H22O6S2.C20H18O3S/c1-21-5-7-22(8-6-21)29(2,3)23-9-11-25(12-10-23)33-26-15-19-28(20-16-26)34(30,31)27-17-13-24(32-4)14-18-27;1-19-3-11-23(12-4-19)33(27,28)25-15-7-21(8-16-25)32-22-9-17-26(18-10-22)34(29,30)24-13-5-20(31-2)6-14-24;1-15-3-7-17(8-4-15)23-18-9-13-20(14-10-18)24(21,22)19-11-5-16(2)6-12-19/h5-20H,1-4H3;3-18H,1-2H3;3-14H,1-2H3. The quantitative estimate of drug-likeness (QED) is 0.0792. The van der Waals surface area contributed by atoms with E-state index < -0.39 is 39.3 Å². The molecule has 0 N–H and O–H groups in total. The molecule has 0 aliphatic heterocycles. The highest BCUT2D eigenvalue weighted by atomic mass is 32.2. The predicted molar refractivity (Wildman–Crippen MR) is 357 cm³/mol. The van der Waals surface area contributed by atoms with Crippen molar-refractivity contribution in [3.63, 3.8) is 0 Å². The molecule has 17 heteroatoms. The molecule has 0 fully saturated rings. The van der Waals surface area contributed by atoms with E-state index in [4.69, 9.17) is 23.7 Å². The minimum Gasteiger partial charge on any atom is -0.497 e. The van der Waals surface area contributed by atoms with Crippen molar-refractivity contribution < 1.29 is 57.4 Å². The predicted octanol–water partition coefficient (Wildman–Crippen LogP) is 17.3. The first kappa shape index (κ1) is 66.6. The van der Waals surface area contributed by atoms with E-state index in [1.807, 2.05) is 57.2 Å². The van der Waals surface area contributed by atoms with Gasteiger partial charge in [-0.05, 0) is 233 Å². The molecule has 0 aliphatic rings. The van der Waals surface area contributed by atoms with Crippen molar-refractivity contribution in [3.05, 3.63) is 300 Å². The molecule has 470 valence electrons. The Hall–Kier alpha value is -9.78. The maximum atomic E-state index is 12.9. The second-order valence-electron chi connectivity index (χ2n) is 22.0. The van der Waals surface area contributed by atoms with Gasteiger partial charge in [0.05, 0.1) is 53.4 Å². The molecular weight excluding hydrogens is 1240 g/mol. The number of benzene rings is 11. The van der Waals surface area contributed by atoms with Crippen LogP contribution in [-0.2, 0) is 44.8 Å². The van der Waals surface area contributed by atoms with Crippen molar-refractivity contribution in [1.82, 2.24) is 0 Å². The second kappa shape index (κ2) is 28.6. The SMILES string of the molecule is COc1ccc(S(=O)(=O)c2ccc(Oc3ccc(C(C)(C)c4ccc(C)cc4)cc3)cc2)cc1.COc1ccc(S(=O)(=O)c2ccc(Oc3ccc(S(=O)(=O)c4ccc(C)cc4)cc3)cc2)cc1.Cc1ccc(Oc2ccc(S(=O)(=O)c3ccc(C)cc3)cc2)cc1. The fourth-order valence-electron chi connectivity index (χ4n) is 9.33. The van der Waals surface area contributed by atoms with Crippen molar-refractivity contribution in [2.45, 2.75) is 86.1 Å². The third-order valence-electron chi connectivity index (χ3n) is 15.0. The third-order valence-corrected chi connectivity index (χ3v) is 22.2. The van der Waals surface area contributed by atoms with Crippen molar-refractivity contribution in [3.8, 4) is 46.0 Å². The summed E-state index contributed by atoms with van der Waals surface area (Å²) in [6.45, 7) is 12.3. The molecule has 11 rings (SSSR count). The minimum absolute atomic E-state index is 0.129. The monoisotopic (exact) mass is 1300 g/mol. The van der Waals surface area contributed by atoms with E-state index in [9.17, 15) is 33.7 Å². The summed E-state index contributed by atoms with van der Waals surface area (Å²) in [5.74, 6) is 4.60. The summed E-state index contributed by atoms with van der Waals surface area (Å²) in [7, 11) is -11.4. The lowest BCUT2D eigenvalue weighted by atomic mass is 9.78. The van der Waals surface area contributed by atoms with Crippen LogP contribution < -0.4 is 23.7 Å². The van der Waals surface area contributed by atoms with E-state index in [0.717, 1.165) is 22.4 Å². The van der Waals surface area contributed by atoms with Crippen LogP contribution in [0.5, 0.6) is 46.0 Å². The van der Waals surface area contributed by atoms with E-state index in [0.29, 0.717) is 45.1 Å². The number of ether oxygens (including phenoxy) is 5. The Balaban J connectivity index is 0.000000166. The third kappa shape index (κ3) is 16.2. The van der Waals surface area contributed by atoms with Gasteiger partial charge in [0.1, 0.15) is 46.0 Å². The minimum atomic E-state index is -3.68. The molecule has 0 saturated carbocycles. The average molecular weight is 1310 g/mol. The van der Waals surface area contributed by atoms with Gasteiger partial charge in [-0.1, -0.05) is 109 Å². The maximum Gasteiger partial charge on any atom is 0.206 e. The normalized spacial score (nSPS) is 11.6. The van der Waals surface area contributed by atoms with Gasteiger partial charge in [0.2, 0.25) is 39.3 Å². The number of hydrogen-bond acceptors (Lipinski definition) is 13. The highest BCUT2D eigenvalue weighted by molar-refractivity contribution is 7.92. The smallest absolute Gasteiger partial charge is 0.206 e. The van der Waals surface area contributed by atoms with E-state index in [1.165, 1.54) is 72.3 Å². The second-order valence-corrected chi connectivity index (χ2v) is 29.8. The molecule has 92 heavy (non-hydrogen) atoms. The molecule has 0 spiro atoms. The summed E-state index contributed by atoms with van der Waals surface area (Å²) in [6, 6.07) is 75.3. The first-order valence-corrected chi connectivity index (χ1v) is 34.9. The molecular formula is C75H68O13S4. The Morgan fingerprint density at radius 3 is 0.565 bits per heavy atom. The number of rotatable bonds is 18. The van der Waals surface area contributed by atoms with E-state index in [2.05, 4.69) is 57.2 Å².